The fraction of sp³-hybridized carbons (Fsp3) is 0.150. The van der Waals surface area contributed by atoms with Gasteiger partial charge in [-0.25, -0.2) is 0 Å². The van der Waals surface area contributed by atoms with Crippen LogP contribution in [-0.2, 0) is 16.0 Å². The second-order valence-electron chi connectivity index (χ2n) is 6.02. The quantitative estimate of drug-likeness (QED) is 0.631. The Kier molecular flexibility index (Phi) is 5.54. The molecule has 0 saturated carbocycles. The van der Waals surface area contributed by atoms with E-state index in [2.05, 4.69) is 0 Å². The van der Waals surface area contributed by atoms with E-state index in [-0.39, 0.29) is 16.5 Å². The van der Waals surface area contributed by atoms with E-state index in [0.717, 1.165) is 11.1 Å². The van der Waals surface area contributed by atoms with Gasteiger partial charge in [-0.3, -0.25) is 14.5 Å². The molecule has 1 saturated heterocycles. The van der Waals surface area contributed by atoms with E-state index in [1.807, 2.05) is 43.3 Å². The number of carbonyl (C=O) groups excluding carboxylic acids is 2. The normalized spacial score (nSPS) is 18.3. The van der Waals surface area contributed by atoms with Gasteiger partial charge < -0.3 is 5.73 Å². The molecule has 136 valence electrons. The number of thioether (sulfide) groups is 1. The van der Waals surface area contributed by atoms with Crippen LogP contribution in [0.5, 0.6) is 0 Å². The Morgan fingerprint density at radius 1 is 1.26 bits per heavy atom. The number of hydrogen-bond acceptors (Lipinski definition) is 4. The number of primary amides is 1. The summed E-state index contributed by atoms with van der Waals surface area (Å²) >= 11 is 7.40. The van der Waals surface area contributed by atoms with Crippen molar-refractivity contribution in [1.29, 1.82) is 5.26 Å². The Labute approximate surface area is 166 Å². The molecule has 0 radical (unpaired) electrons. The molecule has 0 aromatic heterocycles. The summed E-state index contributed by atoms with van der Waals surface area (Å²) in [5, 5.41) is 9.74. The van der Waals surface area contributed by atoms with Gasteiger partial charge in [-0.05, 0) is 36.6 Å². The fourth-order valence-electron chi connectivity index (χ4n) is 2.90. The molecule has 0 aliphatic carbocycles. The molecule has 27 heavy (non-hydrogen) atoms. The average molecular weight is 398 g/mol. The minimum Gasteiger partial charge on any atom is -0.365 e. The molecule has 2 amide bonds. The van der Waals surface area contributed by atoms with Crippen LogP contribution in [0.15, 0.2) is 59.1 Å². The fourth-order valence-corrected chi connectivity index (χ4v) is 4.41. The van der Waals surface area contributed by atoms with Gasteiger partial charge in [0.2, 0.25) is 5.91 Å². The van der Waals surface area contributed by atoms with Crippen LogP contribution in [-0.4, -0.2) is 17.1 Å². The number of rotatable bonds is 4. The molecule has 0 spiro atoms. The molecular formula is C20H16ClN3O2S. The molecule has 2 N–H and O–H groups in total. The summed E-state index contributed by atoms with van der Waals surface area (Å²) in [6.07, 6.45) is 0.381. The van der Waals surface area contributed by atoms with Crippen molar-refractivity contribution in [1.82, 2.24) is 0 Å². The Morgan fingerprint density at radius 2 is 1.93 bits per heavy atom. The summed E-state index contributed by atoms with van der Waals surface area (Å²) in [7, 11) is 0. The van der Waals surface area contributed by atoms with Crippen molar-refractivity contribution in [3.05, 3.63) is 75.3 Å². The zero-order valence-corrected chi connectivity index (χ0v) is 16.1. The minimum absolute atomic E-state index is 0.210. The van der Waals surface area contributed by atoms with Gasteiger partial charge >= 0.3 is 0 Å². The molecule has 1 atom stereocenters. The van der Waals surface area contributed by atoms with E-state index in [9.17, 15) is 14.9 Å². The molecule has 7 heteroatoms. The Balaban J connectivity index is 2.08. The third-order valence-electron chi connectivity index (χ3n) is 4.24. The first-order valence-electron chi connectivity index (χ1n) is 8.18. The smallest absolute Gasteiger partial charge is 0.262 e. The van der Waals surface area contributed by atoms with Gasteiger partial charge in [0.25, 0.3) is 5.91 Å². The summed E-state index contributed by atoms with van der Waals surface area (Å²) in [6.45, 7) is 1.86. The van der Waals surface area contributed by atoms with E-state index in [4.69, 9.17) is 17.3 Å². The standard InChI is InChI=1S/C20H16ClN3O2S/c1-12-6-2-5-9-16(12)24-19(26)17(10-13-7-3-4-8-15(13)21)27-20(24)14(11-22)18(23)25/h2-9,17H,10H2,1H3,(H2,23,25)/b20-14-/t17-/m0/s1. The number of amides is 2. The summed E-state index contributed by atoms with van der Waals surface area (Å²) in [5.74, 6) is -1.07. The van der Waals surface area contributed by atoms with Crippen molar-refractivity contribution < 1.29 is 9.59 Å². The van der Waals surface area contributed by atoms with E-state index in [0.29, 0.717) is 17.1 Å². The van der Waals surface area contributed by atoms with Gasteiger partial charge in [0.1, 0.15) is 16.7 Å². The Hall–Kier alpha value is -2.75. The van der Waals surface area contributed by atoms with E-state index < -0.39 is 11.2 Å². The lowest BCUT2D eigenvalue weighted by molar-refractivity contribution is -0.117. The van der Waals surface area contributed by atoms with Crippen LogP contribution < -0.4 is 10.6 Å². The van der Waals surface area contributed by atoms with E-state index >= 15 is 0 Å². The average Bonchev–Trinajstić information content (AvgIpc) is 2.94. The lowest BCUT2D eigenvalue weighted by atomic mass is 10.1. The van der Waals surface area contributed by atoms with Crippen LogP contribution in [0.25, 0.3) is 0 Å². The largest absolute Gasteiger partial charge is 0.365 e. The van der Waals surface area contributed by atoms with E-state index in [1.54, 1.807) is 18.2 Å². The zero-order chi connectivity index (χ0) is 19.6. The topological polar surface area (TPSA) is 87.2 Å². The third kappa shape index (κ3) is 3.70. The molecule has 2 aromatic rings. The van der Waals surface area contributed by atoms with Crippen molar-refractivity contribution in [2.75, 3.05) is 4.90 Å². The second-order valence-corrected chi connectivity index (χ2v) is 7.62. The van der Waals surface area contributed by atoms with Crippen molar-refractivity contribution in [2.45, 2.75) is 18.6 Å². The summed E-state index contributed by atoms with van der Waals surface area (Å²) in [4.78, 5) is 26.4. The van der Waals surface area contributed by atoms with Gasteiger partial charge in [-0.15, -0.1) is 0 Å². The van der Waals surface area contributed by atoms with Gasteiger partial charge in [-0.1, -0.05) is 59.8 Å². The molecule has 1 aliphatic rings. The van der Waals surface area contributed by atoms with Crippen molar-refractivity contribution in [3.8, 4) is 6.07 Å². The van der Waals surface area contributed by atoms with Crippen LogP contribution in [0.2, 0.25) is 5.02 Å². The Morgan fingerprint density at radius 3 is 2.56 bits per heavy atom. The number of nitrogens with zero attached hydrogens (tertiary/aromatic N) is 2. The number of para-hydroxylation sites is 1. The summed E-state index contributed by atoms with van der Waals surface area (Å²) in [6, 6.07) is 16.4. The summed E-state index contributed by atoms with van der Waals surface area (Å²) < 4.78 is 0. The predicted molar refractivity (Wildman–Crippen MR) is 107 cm³/mol. The maximum Gasteiger partial charge on any atom is 0.262 e. The molecule has 1 fully saturated rings. The number of halogens is 1. The first-order chi connectivity index (χ1) is 12.9. The third-order valence-corrected chi connectivity index (χ3v) is 5.88. The van der Waals surface area contributed by atoms with Crippen LogP contribution in [0, 0.1) is 18.3 Å². The Bertz CT molecular complexity index is 997. The highest BCUT2D eigenvalue weighted by molar-refractivity contribution is 8.05. The maximum atomic E-state index is 13.2. The zero-order valence-electron chi connectivity index (χ0n) is 14.5. The molecule has 1 aliphatic heterocycles. The van der Waals surface area contributed by atoms with Gasteiger partial charge in [0.05, 0.1) is 10.9 Å². The SMILES string of the molecule is Cc1ccccc1N1C(=O)[C@H](Cc2ccccc2Cl)S/C1=C(/C#N)C(N)=O. The molecule has 2 aromatic carbocycles. The molecule has 0 unspecified atom stereocenters. The number of carbonyl (C=O) groups is 2. The molecule has 0 bridgehead atoms. The van der Waals surface area contributed by atoms with Crippen LogP contribution in [0.1, 0.15) is 11.1 Å². The van der Waals surface area contributed by atoms with Crippen LogP contribution in [0.3, 0.4) is 0 Å². The van der Waals surface area contributed by atoms with Crippen molar-refractivity contribution in [2.24, 2.45) is 5.73 Å². The molecule has 3 rings (SSSR count). The van der Waals surface area contributed by atoms with Gasteiger partial charge in [0.15, 0.2) is 0 Å². The number of anilines is 1. The van der Waals surface area contributed by atoms with Gasteiger partial charge in [-0.2, -0.15) is 5.26 Å². The van der Waals surface area contributed by atoms with Crippen LogP contribution >= 0.6 is 23.4 Å². The van der Waals surface area contributed by atoms with Crippen molar-refractivity contribution >= 4 is 40.9 Å². The highest BCUT2D eigenvalue weighted by atomic mass is 35.5. The first kappa shape index (κ1) is 19.0. The number of hydrogen-bond donors (Lipinski definition) is 1. The highest BCUT2D eigenvalue weighted by Crippen LogP contribution is 2.43. The lowest BCUT2D eigenvalue weighted by Crippen LogP contribution is -2.31. The lowest BCUT2D eigenvalue weighted by Gasteiger charge is -2.20. The van der Waals surface area contributed by atoms with E-state index in [1.165, 1.54) is 16.7 Å². The predicted octanol–water partition coefficient (Wildman–Crippen LogP) is 3.56. The van der Waals surface area contributed by atoms with Crippen LogP contribution in [0.4, 0.5) is 5.69 Å². The minimum atomic E-state index is -0.857. The molecule has 1 heterocycles. The maximum absolute atomic E-state index is 13.2. The highest BCUT2D eigenvalue weighted by Gasteiger charge is 2.41. The molecule has 5 nitrogen and oxygen atoms in total. The first-order valence-corrected chi connectivity index (χ1v) is 9.43. The summed E-state index contributed by atoms with van der Waals surface area (Å²) in [5.41, 5.74) is 7.46. The molecular weight excluding hydrogens is 382 g/mol. The number of benzene rings is 2. The number of nitrogens with two attached hydrogens (primary N) is 1. The van der Waals surface area contributed by atoms with Crippen molar-refractivity contribution in [3.63, 3.8) is 0 Å². The number of aryl methyl sites for hydroxylation is 1. The second kappa shape index (κ2) is 7.87. The monoisotopic (exact) mass is 397 g/mol. The van der Waals surface area contributed by atoms with Gasteiger partial charge in [0, 0.05) is 5.02 Å². The number of nitriles is 1.